The number of alkyl halides is 3. The summed E-state index contributed by atoms with van der Waals surface area (Å²) in [6.07, 6.45) is -5.48. The van der Waals surface area contributed by atoms with Gasteiger partial charge in [-0.25, -0.2) is 4.39 Å². The van der Waals surface area contributed by atoms with Gasteiger partial charge >= 0.3 is 6.18 Å². The van der Waals surface area contributed by atoms with Gasteiger partial charge in [0.2, 0.25) is 0 Å². The van der Waals surface area contributed by atoms with Gasteiger partial charge in [-0.1, -0.05) is 12.1 Å². The van der Waals surface area contributed by atoms with Crippen LogP contribution in [0.1, 0.15) is 23.6 Å². The molecule has 1 aromatic rings. The second-order valence-electron chi connectivity index (χ2n) is 3.43. The zero-order valence-electron chi connectivity index (χ0n) is 8.51. The first-order valence-corrected chi connectivity index (χ1v) is 4.38. The average Bonchev–Trinajstić information content (AvgIpc) is 2.06. The molecule has 1 aromatic carbocycles. The molecule has 0 spiro atoms. The fraction of sp³-hybridized carbons (Fsp3) is 0.400. The Morgan fingerprint density at radius 1 is 1.31 bits per heavy atom. The first-order chi connectivity index (χ1) is 6.79. The lowest BCUT2D eigenvalue weighted by atomic mass is 10.0. The van der Waals surface area contributed by atoms with Gasteiger partial charge in [0, 0.05) is 6.04 Å². The van der Waals surface area contributed by atoms with Gasteiger partial charge in [0.25, 0.3) is 0 Å². The molecule has 1 nitrogen and oxygen atoms in total. The Labute approximate surface area is 97.0 Å². The van der Waals surface area contributed by atoms with Gasteiger partial charge in [-0.2, -0.15) is 13.2 Å². The van der Waals surface area contributed by atoms with Crippen molar-refractivity contribution in [3.8, 4) is 0 Å². The highest BCUT2D eigenvalue weighted by molar-refractivity contribution is 5.85. The smallest absolute Gasteiger partial charge is 0.324 e. The van der Waals surface area contributed by atoms with Crippen molar-refractivity contribution in [2.24, 2.45) is 5.73 Å². The van der Waals surface area contributed by atoms with Crippen LogP contribution < -0.4 is 5.73 Å². The molecule has 0 bridgehead atoms. The Kier molecular flexibility index (Phi) is 5.22. The van der Waals surface area contributed by atoms with E-state index in [0.29, 0.717) is 5.56 Å². The predicted octanol–water partition coefficient (Wildman–Crippen LogP) is 3.51. The average molecular weight is 258 g/mol. The summed E-state index contributed by atoms with van der Waals surface area (Å²) in [4.78, 5) is 0. The van der Waals surface area contributed by atoms with Crippen molar-refractivity contribution >= 4 is 12.4 Å². The summed E-state index contributed by atoms with van der Waals surface area (Å²) in [5, 5.41) is 0. The quantitative estimate of drug-likeness (QED) is 0.806. The summed E-state index contributed by atoms with van der Waals surface area (Å²) in [5.74, 6) is -0.537. The molecule has 1 rings (SSSR count). The minimum Gasteiger partial charge on any atom is -0.324 e. The summed E-state index contributed by atoms with van der Waals surface area (Å²) in [7, 11) is 0. The standard InChI is InChI=1S/C10H11F4N.ClH/c1-6-2-3-7(4-8(6)11)9(15)5-10(12,13)14;/h2-4,9H,5,15H2,1H3;1H/t9-;/m0./s1. The van der Waals surface area contributed by atoms with E-state index >= 15 is 0 Å². The van der Waals surface area contributed by atoms with Gasteiger partial charge in [-0.3, -0.25) is 0 Å². The van der Waals surface area contributed by atoms with Crippen molar-refractivity contribution < 1.29 is 17.6 Å². The normalized spacial score (nSPS) is 13.1. The molecular formula is C10H12ClF4N. The third kappa shape index (κ3) is 4.37. The van der Waals surface area contributed by atoms with Crippen LogP contribution in [0, 0.1) is 12.7 Å². The lowest BCUT2D eigenvalue weighted by Crippen LogP contribution is -2.20. The van der Waals surface area contributed by atoms with Crippen molar-refractivity contribution in [1.82, 2.24) is 0 Å². The van der Waals surface area contributed by atoms with Crippen molar-refractivity contribution in [3.63, 3.8) is 0 Å². The summed E-state index contributed by atoms with van der Waals surface area (Å²) < 4.78 is 49.0. The summed E-state index contributed by atoms with van der Waals surface area (Å²) >= 11 is 0. The first-order valence-electron chi connectivity index (χ1n) is 4.38. The Balaban J connectivity index is 0.00000225. The minimum atomic E-state index is -4.33. The fourth-order valence-corrected chi connectivity index (χ4v) is 1.21. The van der Waals surface area contributed by atoms with Crippen molar-refractivity contribution in [1.29, 1.82) is 0 Å². The van der Waals surface area contributed by atoms with Crippen LogP contribution in [0.5, 0.6) is 0 Å². The number of benzene rings is 1. The molecule has 0 aromatic heterocycles. The molecule has 0 unspecified atom stereocenters. The van der Waals surface area contributed by atoms with Crippen molar-refractivity contribution in [2.75, 3.05) is 0 Å². The van der Waals surface area contributed by atoms with E-state index in [1.54, 1.807) is 0 Å². The lowest BCUT2D eigenvalue weighted by Gasteiger charge is -2.14. The summed E-state index contributed by atoms with van der Waals surface area (Å²) in [5.41, 5.74) is 5.86. The molecule has 1 atom stereocenters. The highest BCUT2D eigenvalue weighted by Gasteiger charge is 2.31. The van der Waals surface area contributed by atoms with E-state index in [0.717, 1.165) is 6.07 Å². The van der Waals surface area contributed by atoms with Crippen molar-refractivity contribution in [2.45, 2.75) is 25.6 Å². The molecule has 0 amide bonds. The zero-order valence-corrected chi connectivity index (χ0v) is 9.33. The maximum absolute atomic E-state index is 13.0. The molecule has 16 heavy (non-hydrogen) atoms. The molecule has 2 N–H and O–H groups in total. The number of rotatable bonds is 2. The molecule has 0 saturated carbocycles. The largest absolute Gasteiger partial charge is 0.390 e. The fourth-order valence-electron chi connectivity index (χ4n) is 1.21. The van der Waals surface area contributed by atoms with E-state index in [4.69, 9.17) is 5.73 Å². The van der Waals surface area contributed by atoms with Crippen LogP contribution in [0.25, 0.3) is 0 Å². The topological polar surface area (TPSA) is 26.0 Å². The molecule has 0 radical (unpaired) electrons. The van der Waals surface area contributed by atoms with E-state index in [-0.39, 0.29) is 18.0 Å². The van der Waals surface area contributed by atoms with E-state index < -0.39 is 24.5 Å². The van der Waals surface area contributed by atoms with Gasteiger partial charge < -0.3 is 5.73 Å². The third-order valence-corrected chi connectivity index (χ3v) is 2.08. The van der Waals surface area contributed by atoms with Crippen LogP contribution >= 0.6 is 12.4 Å². The molecular weight excluding hydrogens is 246 g/mol. The Morgan fingerprint density at radius 2 is 1.88 bits per heavy atom. The zero-order chi connectivity index (χ0) is 11.6. The Hall–Kier alpha value is -0.810. The number of halogens is 5. The molecule has 0 aliphatic rings. The molecule has 0 heterocycles. The second-order valence-corrected chi connectivity index (χ2v) is 3.43. The number of aryl methyl sites for hydroxylation is 1. The molecule has 6 heteroatoms. The van der Waals surface area contributed by atoms with Gasteiger partial charge in [-0.15, -0.1) is 12.4 Å². The minimum absolute atomic E-state index is 0. The SMILES string of the molecule is Cc1ccc([C@@H](N)CC(F)(F)F)cc1F.Cl. The number of hydrogen-bond acceptors (Lipinski definition) is 1. The van der Waals surface area contributed by atoms with Gasteiger partial charge in [0.05, 0.1) is 6.42 Å². The molecule has 0 aliphatic carbocycles. The van der Waals surface area contributed by atoms with Crippen LogP contribution in [0.2, 0.25) is 0 Å². The maximum Gasteiger partial charge on any atom is 0.390 e. The molecule has 0 aliphatic heterocycles. The summed E-state index contributed by atoms with van der Waals surface area (Å²) in [6, 6.07) is 2.67. The van der Waals surface area contributed by atoms with Crippen LogP contribution in [0.4, 0.5) is 17.6 Å². The van der Waals surface area contributed by atoms with Gasteiger partial charge in [0.1, 0.15) is 5.82 Å². The highest BCUT2D eigenvalue weighted by atomic mass is 35.5. The second kappa shape index (κ2) is 5.50. The Morgan fingerprint density at radius 3 is 2.31 bits per heavy atom. The van der Waals surface area contributed by atoms with E-state index in [1.165, 1.54) is 19.1 Å². The molecule has 0 saturated heterocycles. The number of hydrogen-bond donors (Lipinski definition) is 1. The highest BCUT2D eigenvalue weighted by Crippen LogP contribution is 2.28. The van der Waals surface area contributed by atoms with Crippen LogP contribution in [0.3, 0.4) is 0 Å². The maximum atomic E-state index is 13.0. The van der Waals surface area contributed by atoms with Crippen LogP contribution in [-0.4, -0.2) is 6.18 Å². The van der Waals surface area contributed by atoms with E-state index in [9.17, 15) is 17.6 Å². The van der Waals surface area contributed by atoms with E-state index in [1.807, 2.05) is 0 Å². The van der Waals surface area contributed by atoms with Crippen LogP contribution in [-0.2, 0) is 0 Å². The predicted molar refractivity (Wildman–Crippen MR) is 56.0 cm³/mol. The third-order valence-electron chi connectivity index (χ3n) is 2.08. The number of nitrogens with two attached hydrogens (primary N) is 1. The van der Waals surface area contributed by atoms with E-state index in [2.05, 4.69) is 0 Å². The van der Waals surface area contributed by atoms with Crippen LogP contribution in [0.15, 0.2) is 18.2 Å². The van der Waals surface area contributed by atoms with Crippen molar-refractivity contribution in [3.05, 3.63) is 35.1 Å². The summed E-state index contributed by atoms with van der Waals surface area (Å²) in [6.45, 7) is 1.54. The van der Waals surface area contributed by atoms with Gasteiger partial charge in [0.15, 0.2) is 0 Å². The Bertz CT molecular complexity index is 351. The molecule has 0 fully saturated rings. The van der Waals surface area contributed by atoms with Gasteiger partial charge in [-0.05, 0) is 24.1 Å². The first kappa shape index (κ1) is 15.2. The lowest BCUT2D eigenvalue weighted by molar-refractivity contribution is -0.138. The monoisotopic (exact) mass is 257 g/mol. The molecule has 92 valence electrons.